The van der Waals surface area contributed by atoms with E-state index in [-0.39, 0.29) is 0 Å². The number of anilines is 1. The molecule has 1 aromatic carbocycles. The van der Waals surface area contributed by atoms with Gasteiger partial charge in [0.2, 0.25) is 0 Å². The van der Waals surface area contributed by atoms with Crippen LogP contribution < -0.4 is 10.5 Å². The molecule has 0 saturated heterocycles. The van der Waals surface area contributed by atoms with Crippen LogP contribution in [-0.4, -0.2) is 16.2 Å². The summed E-state index contributed by atoms with van der Waals surface area (Å²) in [6.07, 6.45) is 3.76. The zero-order valence-electron chi connectivity index (χ0n) is 11.3. The van der Waals surface area contributed by atoms with Crippen molar-refractivity contribution < 1.29 is 4.74 Å². The molecule has 0 saturated carbocycles. The molecule has 1 heterocycles. The highest BCUT2D eigenvalue weighted by Crippen LogP contribution is 2.31. The quantitative estimate of drug-likeness (QED) is 0.651. The first-order chi connectivity index (χ1) is 9.24. The molecule has 5 heteroatoms. The van der Waals surface area contributed by atoms with Gasteiger partial charge in [0.1, 0.15) is 5.75 Å². The van der Waals surface area contributed by atoms with Gasteiger partial charge in [0.25, 0.3) is 0 Å². The van der Waals surface area contributed by atoms with Crippen molar-refractivity contribution in [3.05, 3.63) is 36.4 Å². The Morgan fingerprint density at radius 3 is 2.95 bits per heavy atom. The third-order valence-electron chi connectivity index (χ3n) is 2.81. The fraction of sp³-hybridized carbons (Fsp3) is 0.357. The van der Waals surface area contributed by atoms with Gasteiger partial charge in [-0.2, -0.15) is 0 Å². The number of thioether (sulfide) groups is 1. The summed E-state index contributed by atoms with van der Waals surface area (Å²) in [7, 11) is 0. The summed E-state index contributed by atoms with van der Waals surface area (Å²) < 4.78 is 7.63. The van der Waals surface area contributed by atoms with Crippen LogP contribution in [0.1, 0.15) is 19.5 Å². The van der Waals surface area contributed by atoms with Gasteiger partial charge in [0, 0.05) is 34.8 Å². The molecule has 2 N–H and O–H groups in total. The Hall–Kier alpha value is -1.62. The van der Waals surface area contributed by atoms with Crippen LogP contribution in [0.4, 0.5) is 5.69 Å². The van der Waals surface area contributed by atoms with Gasteiger partial charge in [0.05, 0.1) is 12.9 Å². The molecule has 4 nitrogen and oxygen atoms in total. The monoisotopic (exact) mass is 277 g/mol. The van der Waals surface area contributed by atoms with E-state index in [1.54, 1.807) is 11.8 Å². The molecule has 1 aromatic heterocycles. The Bertz CT molecular complexity index is 539. The Balaban J connectivity index is 2.08. The number of nitrogen functional groups attached to an aromatic ring is 1. The highest BCUT2D eigenvalue weighted by Gasteiger charge is 2.06. The molecular formula is C14H19N3OS. The maximum absolute atomic E-state index is 6.00. The van der Waals surface area contributed by atoms with Crippen molar-refractivity contribution in [1.82, 2.24) is 9.55 Å². The van der Waals surface area contributed by atoms with Gasteiger partial charge in [-0.25, -0.2) is 4.98 Å². The molecule has 0 aliphatic heterocycles. The van der Waals surface area contributed by atoms with E-state index in [1.807, 2.05) is 37.6 Å². The van der Waals surface area contributed by atoms with Gasteiger partial charge in [-0.1, -0.05) is 0 Å². The van der Waals surface area contributed by atoms with Crippen LogP contribution in [0.5, 0.6) is 5.75 Å². The number of aromatic nitrogens is 2. The van der Waals surface area contributed by atoms with Gasteiger partial charge in [-0.05, 0) is 32.0 Å². The van der Waals surface area contributed by atoms with Gasteiger partial charge >= 0.3 is 0 Å². The number of hydrogen-bond acceptors (Lipinski definition) is 4. The highest BCUT2D eigenvalue weighted by atomic mass is 32.2. The van der Waals surface area contributed by atoms with E-state index >= 15 is 0 Å². The minimum absolute atomic E-state index is 0.663. The molecule has 0 atom stereocenters. The molecule has 102 valence electrons. The first kappa shape index (κ1) is 13.8. The van der Waals surface area contributed by atoms with E-state index in [9.17, 15) is 0 Å². The number of hydrogen-bond donors (Lipinski definition) is 1. The van der Waals surface area contributed by atoms with Crippen molar-refractivity contribution in [2.45, 2.75) is 31.0 Å². The summed E-state index contributed by atoms with van der Waals surface area (Å²) in [5.41, 5.74) is 7.99. The smallest absolute Gasteiger partial charge is 0.120 e. The first-order valence-corrected chi connectivity index (χ1v) is 7.37. The number of aryl methyl sites for hydroxylation is 1. The number of imidazole rings is 1. The molecule has 0 radical (unpaired) electrons. The van der Waals surface area contributed by atoms with Crippen molar-refractivity contribution >= 4 is 17.4 Å². The van der Waals surface area contributed by atoms with Crippen molar-refractivity contribution in [2.75, 3.05) is 12.3 Å². The average Bonchev–Trinajstić information content (AvgIpc) is 2.87. The standard InChI is InChI=1S/C14H19N3OS/c1-3-17-10-16-8-11(17)9-19-14-7-12(18-4-2)5-6-13(14)15/h5-8,10H,3-4,9,15H2,1-2H3. The highest BCUT2D eigenvalue weighted by molar-refractivity contribution is 7.98. The zero-order valence-corrected chi connectivity index (χ0v) is 12.1. The Kier molecular flexibility index (Phi) is 4.74. The van der Waals surface area contributed by atoms with Crippen LogP contribution in [0.25, 0.3) is 0 Å². The van der Waals surface area contributed by atoms with E-state index < -0.39 is 0 Å². The molecule has 19 heavy (non-hydrogen) atoms. The second kappa shape index (κ2) is 6.52. The minimum atomic E-state index is 0.663. The topological polar surface area (TPSA) is 53.1 Å². The Morgan fingerprint density at radius 1 is 1.37 bits per heavy atom. The van der Waals surface area contributed by atoms with Crippen molar-refractivity contribution in [3.63, 3.8) is 0 Å². The molecule has 0 aliphatic rings. The summed E-state index contributed by atoms with van der Waals surface area (Å²) in [6.45, 7) is 5.68. The molecule has 0 fully saturated rings. The van der Waals surface area contributed by atoms with Gasteiger partial charge < -0.3 is 15.0 Å². The lowest BCUT2D eigenvalue weighted by molar-refractivity contribution is 0.339. The Morgan fingerprint density at radius 2 is 2.21 bits per heavy atom. The fourth-order valence-corrected chi connectivity index (χ4v) is 2.78. The molecular weight excluding hydrogens is 258 g/mol. The van der Waals surface area contributed by atoms with Crippen LogP contribution in [0.15, 0.2) is 35.6 Å². The largest absolute Gasteiger partial charge is 0.494 e. The summed E-state index contributed by atoms with van der Waals surface area (Å²) in [6, 6.07) is 5.79. The van der Waals surface area contributed by atoms with Crippen molar-refractivity contribution in [3.8, 4) is 5.75 Å². The van der Waals surface area contributed by atoms with E-state index in [4.69, 9.17) is 10.5 Å². The van der Waals surface area contributed by atoms with Crippen molar-refractivity contribution in [2.24, 2.45) is 0 Å². The normalized spacial score (nSPS) is 10.6. The second-order valence-corrected chi connectivity index (χ2v) is 5.11. The first-order valence-electron chi connectivity index (χ1n) is 6.38. The number of ether oxygens (including phenoxy) is 1. The maximum Gasteiger partial charge on any atom is 0.120 e. The predicted molar refractivity (Wildman–Crippen MR) is 79.5 cm³/mol. The fourth-order valence-electron chi connectivity index (χ4n) is 1.80. The number of benzene rings is 1. The lowest BCUT2D eigenvalue weighted by Crippen LogP contribution is -1.98. The van der Waals surface area contributed by atoms with Gasteiger partial charge in [0.15, 0.2) is 0 Å². The summed E-state index contributed by atoms with van der Waals surface area (Å²) >= 11 is 1.71. The third kappa shape index (κ3) is 3.44. The molecule has 2 rings (SSSR count). The van der Waals surface area contributed by atoms with Crippen LogP contribution in [0, 0.1) is 0 Å². The summed E-state index contributed by atoms with van der Waals surface area (Å²) in [5, 5.41) is 0. The molecule has 0 bridgehead atoms. The zero-order chi connectivity index (χ0) is 13.7. The van der Waals surface area contributed by atoms with E-state index in [0.717, 1.165) is 28.6 Å². The van der Waals surface area contributed by atoms with E-state index in [2.05, 4.69) is 16.5 Å². The predicted octanol–water partition coefficient (Wildman–Crippen LogP) is 3.18. The van der Waals surface area contributed by atoms with Gasteiger partial charge in [-0.3, -0.25) is 0 Å². The molecule has 0 amide bonds. The average molecular weight is 277 g/mol. The number of nitrogens with zero attached hydrogens (tertiary/aromatic N) is 2. The number of nitrogens with two attached hydrogens (primary N) is 1. The lowest BCUT2D eigenvalue weighted by Gasteiger charge is -2.09. The van der Waals surface area contributed by atoms with Crippen LogP contribution >= 0.6 is 11.8 Å². The molecule has 2 aromatic rings. The SMILES string of the molecule is CCOc1ccc(N)c(SCc2cncn2CC)c1. The van der Waals surface area contributed by atoms with Crippen LogP contribution in [0.3, 0.4) is 0 Å². The van der Waals surface area contributed by atoms with Gasteiger partial charge in [-0.15, -0.1) is 11.8 Å². The van der Waals surface area contributed by atoms with Crippen molar-refractivity contribution in [1.29, 1.82) is 0 Å². The summed E-state index contributed by atoms with van der Waals surface area (Å²) in [5.74, 6) is 1.72. The summed E-state index contributed by atoms with van der Waals surface area (Å²) in [4.78, 5) is 5.22. The van der Waals surface area contributed by atoms with E-state index in [1.165, 1.54) is 5.69 Å². The van der Waals surface area contributed by atoms with Crippen LogP contribution in [-0.2, 0) is 12.3 Å². The minimum Gasteiger partial charge on any atom is -0.494 e. The van der Waals surface area contributed by atoms with Crippen LogP contribution in [0.2, 0.25) is 0 Å². The Labute approximate surface area is 118 Å². The third-order valence-corrected chi connectivity index (χ3v) is 3.92. The molecule has 0 spiro atoms. The number of rotatable bonds is 6. The molecule has 0 aliphatic carbocycles. The maximum atomic E-state index is 6.00. The second-order valence-electron chi connectivity index (χ2n) is 4.09. The molecule has 0 unspecified atom stereocenters. The lowest BCUT2D eigenvalue weighted by atomic mass is 10.3. The van der Waals surface area contributed by atoms with E-state index in [0.29, 0.717) is 6.61 Å².